The van der Waals surface area contributed by atoms with Crippen molar-refractivity contribution in [2.45, 2.75) is 51.0 Å². The molecule has 2 rings (SSSR count). The predicted octanol–water partition coefficient (Wildman–Crippen LogP) is 3.03. The van der Waals surface area contributed by atoms with E-state index in [1.54, 1.807) is 0 Å². The maximum atomic E-state index is 5.91. The molecular weight excluding hydrogens is 234 g/mol. The molecule has 3 heteroatoms. The molecular formula is C16H25N3. The van der Waals surface area contributed by atoms with Crippen molar-refractivity contribution in [3.63, 3.8) is 0 Å². The Balaban J connectivity index is 1.67. The SMILES string of the molecule is CCCCCCN=C(N)NC1CC1c1ccccc1. The molecule has 0 bridgehead atoms. The molecule has 1 aromatic rings. The van der Waals surface area contributed by atoms with E-state index in [9.17, 15) is 0 Å². The van der Waals surface area contributed by atoms with Crippen LogP contribution in [0.5, 0.6) is 0 Å². The number of hydrogen-bond donors (Lipinski definition) is 2. The molecule has 0 aliphatic heterocycles. The molecule has 19 heavy (non-hydrogen) atoms. The smallest absolute Gasteiger partial charge is 0.188 e. The lowest BCUT2D eigenvalue weighted by molar-refractivity contribution is 0.672. The van der Waals surface area contributed by atoms with Gasteiger partial charge in [-0.05, 0) is 18.4 Å². The summed E-state index contributed by atoms with van der Waals surface area (Å²) in [5.41, 5.74) is 7.31. The van der Waals surface area contributed by atoms with Crippen LogP contribution in [-0.2, 0) is 0 Å². The maximum Gasteiger partial charge on any atom is 0.188 e. The second-order valence-corrected chi connectivity index (χ2v) is 5.33. The minimum absolute atomic E-state index is 0.474. The molecule has 1 saturated carbocycles. The van der Waals surface area contributed by atoms with Gasteiger partial charge in [0.15, 0.2) is 5.96 Å². The van der Waals surface area contributed by atoms with E-state index < -0.39 is 0 Å². The lowest BCUT2D eigenvalue weighted by Crippen LogP contribution is -2.34. The van der Waals surface area contributed by atoms with Crippen LogP contribution in [0.4, 0.5) is 0 Å². The summed E-state index contributed by atoms with van der Waals surface area (Å²) in [7, 11) is 0. The van der Waals surface area contributed by atoms with Crippen LogP contribution in [-0.4, -0.2) is 18.5 Å². The van der Waals surface area contributed by atoms with E-state index in [-0.39, 0.29) is 0 Å². The van der Waals surface area contributed by atoms with Crippen molar-refractivity contribution in [2.24, 2.45) is 10.7 Å². The summed E-state index contributed by atoms with van der Waals surface area (Å²) < 4.78 is 0. The van der Waals surface area contributed by atoms with Crippen LogP contribution < -0.4 is 11.1 Å². The Kier molecular flexibility index (Phi) is 5.25. The van der Waals surface area contributed by atoms with Crippen molar-refractivity contribution in [2.75, 3.05) is 6.54 Å². The fourth-order valence-electron chi connectivity index (χ4n) is 2.40. The monoisotopic (exact) mass is 259 g/mol. The molecule has 0 aromatic heterocycles. The molecule has 1 fully saturated rings. The number of unbranched alkanes of at least 4 members (excludes halogenated alkanes) is 3. The first-order valence-electron chi connectivity index (χ1n) is 7.42. The second-order valence-electron chi connectivity index (χ2n) is 5.33. The van der Waals surface area contributed by atoms with E-state index in [2.05, 4.69) is 47.6 Å². The Morgan fingerprint density at radius 2 is 2.05 bits per heavy atom. The molecule has 0 heterocycles. The van der Waals surface area contributed by atoms with Crippen molar-refractivity contribution in [3.05, 3.63) is 35.9 Å². The van der Waals surface area contributed by atoms with Gasteiger partial charge in [-0.2, -0.15) is 0 Å². The van der Waals surface area contributed by atoms with Crippen molar-refractivity contribution in [1.29, 1.82) is 0 Å². The van der Waals surface area contributed by atoms with Crippen molar-refractivity contribution in [3.8, 4) is 0 Å². The summed E-state index contributed by atoms with van der Waals surface area (Å²) in [6.45, 7) is 3.07. The molecule has 0 radical (unpaired) electrons. The van der Waals surface area contributed by atoms with E-state index in [1.807, 2.05) is 0 Å². The van der Waals surface area contributed by atoms with Gasteiger partial charge in [-0.15, -0.1) is 0 Å². The predicted molar refractivity (Wildman–Crippen MR) is 81.4 cm³/mol. The first-order chi connectivity index (χ1) is 9.31. The highest BCUT2D eigenvalue weighted by molar-refractivity contribution is 5.78. The molecule has 2 unspecified atom stereocenters. The number of hydrogen-bond acceptors (Lipinski definition) is 1. The third-order valence-corrected chi connectivity index (χ3v) is 3.65. The Hall–Kier alpha value is -1.51. The number of nitrogens with zero attached hydrogens (tertiary/aromatic N) is 1. The highest BCUT2D eigenvalue weighted by atomic mass is 15.1. The Morgan fingerprint density at radius 3 is 2.79 bits per heavy atom. The van der Waals surface area contributed by atoms with Crippen LogP contribution in [0.3, 0.4) is 0 Å². The van der Waals surface area contributed by atoms with Crippen LogP contribution in [0.1, 0.15) is 50.5 Å². The van der Waals surface area contributed by atoms with Gasteiger partial charge in [-0.25, -0.2) is 0 Å². The van der Waals surface area contributed by atoms with Gasteiger partial charge in [0.05, 0.1) is 0 Å². The van der Waals surface area contributed by atoms with Crippen molar-refractivity contribution in [1.82, 2.24) is 5.32 Å². The molecule has 3 N–H and O–H groups in total. The molecule has 1 aromatic carbocycles. The average molecular weight is 259 g/mol. The average Bonchev–Trinajstić information content (AvgIpc) is 3.19. The number of aliphatic imine (C=N–C) groups is 1. The van der Waals surface area contributed by atoms with Gasteiger partial charge < -0.3 is 11.1 Å². The van der Waals surface area contributed by atoms with Crippen molar-refractivity contribution < 1.29 is 0 Å². The molecule has 0 amide bonds. The zero-order valence-electron chi connectivity index (χ0n) is 11.8. The Bertz CT molecular complexity index is 400. The fourth-order valence-corrected chi connectivity index (χ4v) is 2.40. The summed E-state index contributed by atoms with van der Waals surface area (Å²) in [4.78, 5) is 4.39. The van der Waals surface area contributed by atoms with Gasteiger partial charge in [0.25, 0.3) is 0 Å². The number of rotatable bonds is 7. The first-order valence-corrected chi connectivity index (χ1v) is 7.42. The van der Waals surface area contributed by atoms with E-state index in [1.165, 1.54) is 24.8 Å². The van der Waals surface area contributed by atoms with Crippen LogP contribution in [0, 0.1) is 0 Å². The molecule has 0 spiro atoms. The van der Waals surface area contributed by atoms with Crippen LogP contribution in [0.25, 0.3) is 0 Å². The summed E-state index contributed by atoms with van der Waals surface area (Å²) in [5.74, 6) is 1.22. The Labute approximate surface area is 116 Å². The Morgan fingerprint density at radius 1 is 1.26 bits per heavy atom. The minimum atomic E-state index is 0.474. The zero-order chi connectivity index (χ0) is 13.5. The van der Waals surface area contributed by atoms with Gasteiger partial charge >= 0.3 is 0 Å². The van der Waals surface area contributed by atoms with E-state index in [0.29, 0.717) is 17.9 Å². The molecule has 3 nitrogen and oxygen atoms in total. The van der Waals surface area contributed by atoms with E-state index >= 15 is 0 Å². The van der Waals surface area contributed by atoms with Gasteiger partial charge in [0.1, 0.15) is 0 Å². The molecule has 2 atom stereocenters. The second kappa shape index (κ2) is 7.17. The summed E-state index contributed by atoms with van der Waals surface area (Å²) >= 11 is 0. The van der Waals surface area contributed by atoms with Crippen LogP contribution >= 0.6 is 0 Å². The number of benzene rings is 1. The molecule has 1 aliphatic carbocycles. The maximum absolute atomic E-state index is 5.91. The van der Waals surface area contributed by atoms with Gasteiger partial charge in [-0.1, -0.05) is 56.5 Å². The third-order valence-electron chi connectivity index (χ3n) is 3.65. The van der Waals surface area contributed by atoms with Gasteiger partial charge in [-0.3, -0.25) is 4.99 Å². The lowest BCUT2D eigenvalue weighted by Gasteiger charge is -2.05. The largest absolute Gasteiger partial charge is 0.370 e. The number of nitrogens with one attached hydrogen (secondary N) is 1. The zero-order valence-corrected chi connectivity index (χ0v) is 11.8. The topological polar surface area (TPSA) is 50.4 Å². The van der Waals surface area contributed by atoms with Gasteiger partial charge in [0.2, 0.25) is 0 Å². The first kappa shape index (κ1) is 13.9. The normalized spacial score (nSPS) is 22.3. The standard InChI is InChI=1S/C16H25N3/c1-2-3-4-8-11-18-16(17)19-15-12-14(15)13-9-6-5-7-10-13/h5-7,9-10,14-15H,2-4,8,11-12H2,1H3,(H3,17,18,19). The summed E-state index contributed by atoms with van der Waals surface area (Å²) in [5, 5.41) is 3.32. The number of guanidine groups is 1. The highest BCUT2D eigenvalue weighted by Gasteiger charge is 2.38. The van der Waals surface area contributed by atoms with E-state index in [4.69, 9.17) is 5.73 Å². The minimum Gasteiger partial charge on any atom is -0.370 e. The fraction of sp³-hybridized carbons (Fsp3) is 0.562. The quantitative estimate of drug-likeness (QED) is 0.449. The molecule has 1 aliphatic rings. The van der Waals surface area contributed by atoms with Crippen LogP contribution in [0.2, 0.25) is 0 Å². The van der Waals surface area contributed by atoms with Crippen LogP contribution in [0.15, 0.2) is 35.3 Å². The summed E-state index contributed by atoms with van der Waals surface area (Å²) in [6, 6.07) is 11.1. The molecule has 0 saturated heterocycles. The lowest BCUT2D eigenvalue weighted by atomic mass is 10.1. The highest BCUT2D eigenvalue weighted by Crippen LogP contribution is 2.40. The molecule has 104 valence electrons. The van der Waals surface area contributed by atoms with E-state index in [0.717, 1.165) is 19.4 Å². The summed E-state index contributed by atoms with van der Waals surface area (Å²) in [6.07, 6.45) is 6.11. The van der Waals surface area contributed by atoms with Crippen molar-refractivity contribution >= 4 is 5.96 Å². The third kappa shape index (κ3) is 4.58. The van der Waals surface area contributed by atoms with Gasteiger partial charge in [0, 0.05) is 18.5 Å². The number of nitrogens with two attached hydrogens (primary N) is 1.